The maximum Gasteiger partial charge on any atom is 0.229 e. The molecule has 0 unspecified atom stereocenters. The Morgan fingerprint density at radius 2 is 1.00 bits per heavy atom. The summed E-state index contributed by atoms with van der Waals surface area (Å²) in [5.74, 6) is 0. The van der Waals surface area contributed by atoms with Gasteiger partial charge in [0, 0.05) is 21.1 Å². The van der Waals surface area contributed by atoms with E-state index in [1.807, 2.05) is 0 Å². The van der Waals surface area contributed by atoms with Gasteiger partial charge in [-0.3, -0.25) is 0 Å². The van der Waals surface area contributed by atoms with E-state index in [0.717, 1.165) is 0 Å². The second kappa shape index (κ2) is 15.8. The van der Waals surface area contributed by atoms with Crippen LogP contribution in [0.5, 0.6) is 0 Å². The summed E-state index contributed by atoms with van der Waals surface area (Å²) in [5, 5.41) is 0. The third kappa shape index (κ3) is 9.89. The molecule has 0 rings (SSSR count). The minimum Gasteiger partial charge on any atom is -0.449 e. The quantitative estimate of drug-likeness (QED) is 0.181. The van der Waals surface area contributed by atoms with Gasteiger partial charge in [0.15, 0.2) is 8.32 Å². The molecule has 0 aliphatic carbocycles. The van der Waals surface area contributed by atoms with Crippen molar-refractivity contribution in [3.63, 3.8) is 0 Å². The number of hydrogen-bond acceptors (Lipinski definition) is 1. The molecule has 0 aliphatic heterocycles. The van der Waals surface area contributed by atoms with E-state index in [1.54, 1.807) is 0 Å². The molecule has 24 heavy (non-hydrogen) atoms. The molecule has 1 nitrogen and oxygen atoms in total. The molecule has 0 bridgehead atoms. The van der Waals surface area contributed by atoms with Crippen LogP contribution in [-0.4, -0.2) is 16.6 Å². The predicted molar refractivity (Wildman–Crippen MR) is 112 cm³/mol. The summed E-state index contributed by atoms with van der Waals surface area (Å²) < 4.78 is 7.17. The fourth-order valence-corrected chi connectivity index (χ4v) is 14.1. The monoisotopic (exact) mass is 549 g/mol. The normalized spacial score (nSPS) is 11.8. The first kappa shape index (κ1) is 26.8. The summed E-state index contributed by atoms with van der Waals surface area (Å²) in [7, 11) is -3.63. The van der Waals surface area contributed by atoms with E-state index in [1.165, 1.54) is 75.5 Å². The Morgan fingerprint density at radius 3 is 1.29 bits per heavy atom. The SMILES string of the molecule is C=C[Si](C=C)(CCCC)O[Si](CCCC)(CCCC)CCCC.[Pt]. The zero-order chi connectivity index (χ0) is 17.6. The van der Waals surface area contributed by atoms with Crippen LogP contribution >= 0.6 is 0 Å². The van der Waals surface area contributed by atoms with Crippen molar-refractivity contribution in [2.24, 2.45) is 0 Å². The molecule has 0 spiro atoms. The fourth-order valence-electron chi connectivity index (χ4n) is 3.30. The molecule has 0 heterocycles. The molecule has 0 saturated carbocycles. The average Bonchev–Trinajstić information content (AvgIpc) is 2.59. The maximum absolute atomic E-state index is 7.17. The first-order chi connectivity index (χ1) is 11.1. The fraction of sp³-hybridized carbons (Fsp3) is 0.800. The topological polar surface area (TPSA) is 9.23 Å². The second-order valence-electron chi connectivity index (χ2n) is 7.06. The molecule has 0 amide bonds. The number of rotatable bonds is 16. The van der Waals surface area contributed by atoms with E-state index in [-0.39, 0.29) is 21.1 Å². The van der Waals surface area contributed by atoms with Gasteiger partial charge in [-0.25, -0.2) is 0 Å². The summed E-state index contributed by atoms with van der Waals surface area (Å²) >= 11 is 0. The van der Waals surface area contributed by atoms with Crippen LogP contribution in [0.25, 0.3) is 0 Å². The molecule has 0 saturated heterocycles. The minimum atomic E-state index is -1.96. The van der Waals surface area contributed by atoms with Gasteiger partial charge in [0.25, 0.3) is 0 Å². The van der Waals surface area contributed by atoms with Crippen molar-refractivity contribution in [1.29, 1.82) is 0 Å². The Balaban J connectivity index is 0. The van der Waals surface area contributed by atoms with Gasteiger partial charge in [0.05, 0.1) is 0 Å². The van der Waals surface area contributed by atoms with Crippen molar-refractivity contribution < 1.29 is 25.2 Å². The van der Waals surface area contributed by atoms with Crippen LogP contribution in [0.2, 0.25) is 24.2 Å². The van der Waals surface area contributed by atoms with E-state index in [9.17, 15) is 0 Å². The van der Waals surface area contributed by atoms with Gasteiger partial charge in [-0.15, -0.1) is 13.2 Å². The molecule has 0 atom stereocenters. The standard InChI is InChI=1S/C20H42OSi2.Pt/c1-7-13-17-22(11-5,12-6)21-23(18-14-8-2,19-15-9-3)20-16-10-4;/h11-12H,5-10,13-20H2,1-4H3;. The van der Waals surface area contributed by atoms with E-state index >= 15 is 0 Å². The van der Waals surface area contributed by atoms with Gasteiger partial charge in [-0.05, 0) is 24.2 Å². The molecule has 0 aliphatic rings. The van der Waals surface area contributed by atoms with E-state index in [4.69, 9.17) is 4.12 Å². The maximum atomic E-state index is 7.17. The molecule has 0 aromatic heterocycles. The predicted octanol–water partition coefficient (Wildman–Crippen LogP) is 7.54. The van der Waals surface area contributed by atoms with Crippen molar-refractivity contribution in [3.8, 4) is 0 Å². The minimum absolute atomic E-state index is 0. The van der Waals surface area contributed by atoms with Crippen molar-refractivity contribution in [2.75, 3.05) is 0 Å². The van der Waals surface area contributed by atoms with Gasteiger partial charge >= 0.3 is 0 Å². The summed E-state index contributed by atoms with van der Waals surface area (Å²) in [6.45, 7) is 17.5. The molecule has 4 heteroatoms. The third-order valence-electron chi connectivity index (χ3n) is 4.98. The van der Waals surface area contributed by atoms with Gasteiger partial charge in [0.2, 0.25) is 8.32 Å². The summed E-state index contributed by atoms with van der Waals surface area (Å²) in [5.41, 5.74) is 4.34. The molecular formula is C20H42OPtSi2. The van der Waals surface area contributed by atoms with E-state index < -0.39 is 16.6 Å². The van der Waals surface area contributed by atoms with Crippen LogP contribution in [0.15, 0.2) is 24.6 Å². The van der Waals surface area contributed by atoms with E-state index in [0.29, 0.717) is 0 Å². The molecular weight excluding hydrogens is 507 g/mol. The Kier molecular flexibility index (Phi) is 17.6. The Bertz CT molecular complexity index is 291. The van der Waals surface area contributed by atoms with Crippen LogP contribution in [0.3, 0.4) is 0 Å². The Labute approximate surface area is 169 Å². The zero-order valence-corrected chi connectivity index (χ0v) is 21.1. The van der Waals surface area contributed by atoms with Crippen LogP contribution in [0.4, 0.5) is 0 Å². The van der Waals surface area contributed by atoms with Crippen molar-refractivity contribution in [3.05, 3.63) is 24.6 Å². The summed E-state index contributed by atoms with van der Waals surface area (Å²) in [6.07, 6.45) is 10.3. The smallest absolute Gasteiger partial charge is 0.229 e. The van der Waals surface area contributed by atoms with Crippen LogP contribution in [-0.2, 0) is 25.2 Å². The average molecular weight is 550 g/mol. The number of unbranched alkanes of at least 4 members (excludes halogenated alkanes) is 4. The summed E-state index contributed by atoms with van der Waals surface area (Å²) in [6, 6.07) is 5.19. The van der Waals surface area contributed by atoms with Crippen molar-refractivity contribution >= 4 is 16.6 Å². The molecule has 0 radical (unpaired) electrons. The Morgan fingerprint density at radius 1 is 0.667 bits per heavy atom. The molecule has 0 aromatic carbocycles. The Hall–Kier alpha value is 0.562. The van der Waals surface area contributed by atoms with Crippen molar-refractivity contribution in [1.82, 2.24) is 0 Å². The molecule has 0 fully saturated rings. The number of hydrogen-bond donors (Lipinski definition) is 0. The van der Waals surface area contributed by atoms with Crippen molar-refractivity contribution in [2.45, 2.75) is 103 Å². The third-order valence-corrected chi connectivity index (χ3v) is 14.5. The molecule has 146 valence electrons. The first-order valence-electron chi connectivity index (χ1n) is 10.0. The largest absolute Gasteiger partial charge is 0.449 e. The zero-order valence-electron chi connectivity index (χ0n) is 16.8. The second-order valence-corrected chi connectivity index (χ2v) is 15.0. The van der Waals surface area contributed by atoms with Gasteiger partial charge < -0.3 is 4.12 Å². The first-order valence-corrected chi connectivity index (χ1v) is 14.8. The van der Waals surface area contributed by atoms with Gasteiger partial charge in [-0.2, -0.15) is 0 Å². The van der Waals surface area contributed by atoms with Crippen LogP contribution < -0.4 is 0 Å². The summed E-state index contributed by atoms with van der Waals surface area (Å²) in [4.78, 5) is 0. The molecule has 0 N–H and O–H groups in total. The van der Waals surface area contributed by atoms with Crippen LogP contribution in [0.1, 0.15) is 79.1 Å². The van der Waals surface area contributed by atoms with E-state index in [2.05, 4.69) is 52.3 Å². The van der Waals surface area contributed by atoms with Crippen LogP contribution in [0, 0.1) is 0 Å². The molecule has 0 aromatic rings. The van der Waals surface area contributed by atoms with Gasteiger partial charge in [-0.1, -0.05) is 90.5 Å². The van der Waals surface area contributed by atoms with Gasteiger partial charge in [0.1, 0.15) is 0 Å².